The second-order valence-corrected chi connectivity index (χ2v) is 8.45. The van der Waals surface area contributed by atoms with Gasteiger partial charge in [0.05, 0.1) is 29.5 Å². The first-order valence-corrected chi connectivity index (χ1v) is 11.2. The van der Waals surface area contributed by atoms with Crippen LogP contribution in [0.25, 0.3) is 11.0 Å². The van der Waals surface area contributed by atoms with Crippen LogP contribution in [0.4, 0.5) is 0 Å². The molecule has 4 rings (SSSR count). The Morgan fingerprint density at radius 2 is 1.87 bits per heavy atom. The summed E-state index contributed by atoms with van der Waals surface area (Å²) in [4.78, 5) is 17.0. The SMILES string of the molecule is O=C(CSc1nc2ccccc2n1Cc1ccccc1)N/N=C\c1cccc(Br)c1. The Morgan fingerprint density at radius 1 is 1.07 bits per heavy atom. The zero-order chi connectivity index (χ0) is 20.8. The van der Waals surface area contributed by atoms with Gasteiger partial charge in [-0.05, 0) is 35.4 Å². The van der Waals surface area contributed by atoms with Crippen molar-refractivity contribution in [3.05, 3.63) is 94.5 Å². The molecule has 1 N–H and O–H groups in total. The minimum Gasteiger partial charge on any atom is -0.314 e. The average molecular weight is 479 g/mol. The molecule has 4 aromatic rings. The number of imidazole rings is 1. The fraction of sp³-hybridized carbons (Fsp3) is 0.0870. The number of fused-ring (bicyclic) bond motifs is 1. The van der Waals surface area contributed by atoms with Crippen molar-refractivity contribution < 1.29 is 4.79 Å². The largest absolute Gasteiger partial charge is 0.314 e. The molecule has 0 spiro atoms. The number of nitrogens with one attached hydrogen (secondary N) is 1. The van der Waals surface area contributed by atoms with Crippen LogP contribution in [0.2, 0.25) is 0 Å². The Kier molecular flexibility index (Phi) is 6.61. The normalized spacial score (nSPS) is 11.2. The molecule has 1 heterocycles. The Hall–Kier alpha value is -2.90. The topological polar surface area (TPSA) is 59.3 Å². The summed E-state index contributed by atoms with van der Waals surface area (Å²) in [5.74, 6) is 0.0538. The van der Waals surface area contributed by atoms with Crippen LogP contribution in [0.15, 0.2) is 93.6 Å². The second-order valence-electron chi connectivity index (χ2n) is 6.59. The van der Waals surface area contributed by atoms with Crippen molar-refractivity contribution in [1.82, 2.24) is 15.0 Å². The zero-order valence-corrected chi connectivity index (χ0v) is 18.4. The standard InChI is InChI=1S/C23H19BrN4OS/c24-19-10-6-9-18(13-19)14-25-27-22(29)16-30-23-26-20-11-4-5-12-21(20)28(23)15-17-7-2-1-3-8-17/h1-14H,15-16H2,(H,27,29)/b25-14-. The maximum absolute atomic E-state index is 12.3. The quantitative estimate of drug-likeness (QED) is 0.228. The highest BCUT2D eigenvalue weighted by molar-refractivity contribution is 9.10. The molecule has 7 heteroatoms. The molecular weight excluding hydrogens is 460 g/mol. The third-order valence-corrected chi connectivity index (χ3v) is 5.86. The number of amides is 1. The van der Waals surface area contributed by atoms with E-state index < -0.39 is 0 Å². The maximum atomic E-state index is 12.3. The number of carbonyl (C=O) groups is 1. The second kappa shape index (κ2) is 9.73. The lowest BCUT2D eigenvalue weighted by atomic mass is 10.2. The van der Waals surface area contributed by atoms with Crippen molar-refractivity contribution in [3.63, 3.8) is 0 Å². The predicted octanol–water partition coefficient (Wildman–Crippen LogP) is 5.09. The van der Waals surface area contributed by atoms with Gasteiger partial charge in [0, 0.05) is 4.47 Å². The number of hydrazone groups is 1. The van der Waals surface area contributed by atoms with Crippen LogP contribution < -0.4 is 5.43 Å². The van der Waals surface area contributed by atoms with Gasteiger partial charge in [-0.1, -0.05) is 82.3 Å². The Bertz CT molecular complexity index is 1190. The third-order valence-electron chi connectivity index (χ3n) is 4.39. The van der Waals surface area contributed by atoms with E-state index in [4.69, 9.17) is 4.98 Å². The van der Waals surface area contributed by atoms with E-state index >= 15 is 0 Å². The summed E-state index contributed by atoms with van der Waals surface area (Å²) in [6.45, 7) is 0.701. The van der Waals surface area contributed by atoms with Crippen LogP contribution in [0, 0.1) is 0 Å². The highest BCUT2D eigenvalue weighted by Crippen LogP contribution is 2.25. The monoisotopic (exact) mass is 478 g/mol. The number of hydrogen-bond donors (Lipinski definition) is 1. The van der Waals surface area contributed by atoms with Crippen molar-refractivity contribution in [2.45, 2.75) is 11.7 Å². The minimum atomic E-state index is -0.176. The summed E-state index contributed by atoms with van der Waals surface area (Å²) in [7, 11) is 0. The van der Waals surface area contributed by atoms with Crippen LogP contribution >= 0.6 is 27.7 Å². The number of carbonyl (C=O) groups excluding carboxylic acids is 1. The van der Waals surface area contributed by atoms with Gasteiger partial charge < -0.3 is 4.57 Å². The van der Waals surface area contributed by atoms with Gasteiger partial charge in [-0.3, -0.25) is 4.79 Å². The molecule has 0 atom stereocenters. The summed E-state index contributed by atoms with van der Waals surface area (Å²) < 4.78 is 3.11. The molecule has 0 aliphatic carbocycles. The fourth-order valence-corrected chi connectivity index (χ4v) is 4.23. The fourth-order valence-electron chi connectivity index (χ4n) is 3.01. The van der Waals surface area contributed by atoms with Gasteiger partial charge >= 0.3 is 0 Å². The first kappa shape index (κ1) is 20.4. The lowest BCUT2D eigenvalue weighted by Gasteiger charge is -2.09. The molecule has 30 heavy (non-hydrogen) atoms. The van der Waals surface area contributed by atoms with Gasteiger partial charge in [-0.15, -0.1) is 0 Å². The predicted molar refractivity (Wildman–Crippen MR) is 126 cm³/mol. The molecular formula is C23H19BrN4OS. The molecule has 0 saturated carbocycles. The maximum Gasteiger partial charge on any atom is 0.250 e. The zero-order valence-electron chi connectivity index (χ0n) is 16.0. The van der Waals surface area contributed by atoms with Crippen LogP contribution in [0.1, 0.15) is 11.1 Å². The molecule has 0 fully saturated rings. The molecule has 3 aromatic carbocycles. The van der Waals surface area contributed by atoms with E-state index in [2.05, 4.69) is 49.2 Å². The molecule has 0 unspecified atom stereocenters. The van der Waals surface area contributed by atoms with Gasteiger partial charge in [-0.25, -0.2) is 10.4 Å². The van der Waals surface area contributed by atoms with Gasteiger partial charge in [0.25, 0.3) is 5.91 Å². The minimum absolute atomic E-state index is 0.176. The van der Waals surface area contributed by atoms with Crippen molar-refractivity contribution in [2.75, 3.05) is 5.75 Å². The van der Waals surface area contributed by atoms with E-state index in [1.165, 1.54) is 17.3 Å². The van der Waals surface area contributed by atoms with Gasteiger partial charge in [0.2, 0.25) is 0 Å². The summed E-state index contributed by atoms with van der Waals surface area (Å²) in [5.41, 5.74) is 6.64. The first-order chi connectivity index (χ1) is 14.7. The molecule has 0 saturated heterocycles. The summed E-state index contributed by atoms with van der Waals surface area (Å²) in [6.07, 6.45) is 1.62. The highest BCUT2D eigenvalue weighted by atomic mass is 79.9. The third kappa shape index (κ3) is 5.17. The number of hydrogen-bond acceptors (Lipinski definition) is 4. The molecule has 150 valence electrons. The van der Waals surface area contributed by atoms with Crippen LogP contribution in [0.3, 0.4) is 0 Å². The molecule has 0 aliphatic rings. The molecule has 0 bridgehead atoms. The Labute approximate surface area is 187 Å². The van der Waals surface area contributed by atoms with Crippen molar-refractivity contribution in [3.8, 4) is 0 Å². The van der Waals surface area contributed by atoms with E-state index in [1.807, 2.05) is 60.7 Å². The number of halogens is 1. The number of aromatic nitrogens is 2. The smallest absolute Gasteiger partial charge is 0.250 e. The molecule has 0 radical (unpaired) electrons. The van der Waals surface area contributed by atoms with Gasteiger partial charge in [0.15, 0.2) is 5.16 Å². The lowest BCUT2D eigenvalue weighted by Crippen LogP contribution is -2.20. The first-order valence-electron chi connectivity index (χ1n) is 9.38. The van der Waals surface area contributed by atoms with Crippen molar-refractivity contribution >= 4 is 50.8 Å². The van der Waals surface area contributed by atoms with E-state index in [0.29, 0.717) is 6.54 Å². The molecule has 1 amide bonds. The van der Waals surface area contributed by atoms with E-state index in [0.717, 1.165) is 26.2 Å². The van der Waals surface area contributed by atoms with E-state index in [1.54, 1.807) is 6.21 Å². The molecule has 1 aromatic heterocycles. The molecule has 5 nitrogen and oxygen atoms in total. The number of para-hydroxylation sites is 2. The van der Waals surface area contributed by atoms with Crippen molar-refractivity contribution in [1.29, 1.82) is 0 Å². The number of rotatable bonds is 7. The van der Waals surface area contributed by atoms with Gasteiger partial charge in [0.1, 0.15) is 0 Å². The van der Waals surface area contributed by atoms with Crippen LogP contribution in [-0.2, 0) is 11.3 Å². The lowest BCUT2D eigenvalue weighted by molar-refractivity contribution is -0.118. The summed E-state index contributed by atoms with van der Waals surface area (Å²) in [6, 6.07) is 26.0. The number of nitrogens with zero attached hydrogens (tertiary/aromatic N) is 3. The Morgan fingerprint density at radius 3 is 2.70 bits per heavy atom. The molecule has 0 aliphatic heterocycles. The highest BCUT2D eigenvalue weighted by Gasteiger charge is 2.13. The van der Waals surface area contributed by atoms with Crippen LogP contribution in [0.5, 0.6) is 0 Å². The number of benzene rings is 3. The van der Waals surface area contributed by atoms with Gasteiger partial charge in [-0.2, -0.15) is 5.10 Å². The number of thioether (sulfide) groups is 1. The Balaban J connectivity index is 1.44. The summed E-state index contributed by atoms with van der Waals surface area (Å²) in [5, 5.41) is 4.85. The average Bonchev–Trinajstić information content (AvgIpc) is 3.10. The van der Waals surface area contributed by atoms with Crippen molar-refractivity contribution in [2.24, 2.45) is 5.10 Å². The van der Waals surface area contributed by atoms with Crippen LogP contribution in [-0.4, -0.2) is 27.4 Å². The summed E-state index contributed by atoms with van der Waals surface area (Å²) >= 11 is 4.82. The van der Waals surface area contributed by atoms with E-state index in [-0.39, 0.29) is 11.7 Å². The van der Waals surface area contributed by atoms with E-state index in [9.17, 15) is 4.79 Å².